The number of hydrogen-bond donors (Lipinski definition) is 1. The Balaban J connectivity index is 1.54. The second kappa shape index (κ2) is 8.83. The summed E-state index contributed by atoms with van der Waals surface area (Å²) in [6.45, 7) is 3.88. The first-order valence-corrected chi connectivity index (χ1v) is 13.1. The van der Waals surface area contributed by atoms with Crippen LogP contribution in [0.4, 0.5) is 15.6 Å². The van der Waals surface area contributed by atoms with Gasteiger partial charge >= 0.3 is 6.09 Å². The van der Waals surface area contributed by atoms with Crippen LogP contribution < -0.4 is 4.90 Å². The van der Waals surface area contributed by atoms with Crippen LogP contribution >= 0.6 is 34.3 Å². The molecule has 0 spiro atoms. The fraction of sp³-hybridized carbons (Fsp3) is 0.391. The third-order valence-electron chi connectivity index (χ3n) is 6.94. The fourth-order valence-corrected chi connectivity index (χ4v) is 7.03. The number of thiophene rings is 1. The van der Waals surface area contributed by atoms with Gasteiger partial charge in [0, 0.05) is 30.5 Å². The van der Waals surface area contributed by atoms with Crippen molar-refractivity contribution < 1.29 is 14.7 Å². The van der Waals surface area contributed by atoms with E-state index in [-0.39, 0.29) is 17.9 Å². The summed E-state index contributed by atoms with van der Waals surface area (Å²) in [5.74, 6) is 0.354. The molecule has 0 saturated carbocycles. The first-order valence-electron chi connectivity index (χ1n) is 11.0. The molecule has 34 heavy (non-hydrogen) atoms. The Kier molecular flexibility index (Phi) is 5.99. The standard InChI is InChI=1S/C23H24ClN5O3S2/c1-3-7-23-8-6-15(28(23)22(31)32)9-14(11-23)16-10-19(27(2)20-5-4-18(24)34-20)29(26-16)21(30)17-12-33-13-25-17/h3-5,10,12-15H,1,6-9,11H2,2H3,(H,31,32). The summed E-state index contributed by atoms with van der Waals surface area (Å²) in [5, 5.41) is 17.3. The third kappa shape index (κ3) is 3.83. The summed E-state index contributed by atoms with van der Waals surface area (Å²) < 4.78 is 2.06. The fourth-order valence-electron chi connectivity index (χ4n) is 5.50. The smallest absolute Gasteiger partial charge is 0.408 e. The average Bonchev–Trinajstić information content (AvgIpc) is 3.59. The summed E-state index contributed by atoms with van der Waals surface area (Å²) >= 11 is 8.93. The van der Waals surface area contributed by atoms with Gasteiger partial charge < -0.3 is 10.0 Å². The van der Waals surface area contributed by atoms with Gasteiger partial charge in [0.2, 0.25) is 0 Å². The van der Waals surface area contributed by atoms with E-state index in [4.69, 9.17) is 16.7 Å². The molecule has 2 fully saturated rings. The van der Waals surface area contributed by atoms with Crippen LogP contribution in [0.25, 0.3) is 0 Å². The van der Waals surface area contributed by atoms with Crippen molar-refractivity contribution in [3.8, 4) is 0 Å². The molecule has 11 heteroatoms. The van der Waals surface area contributed by atoms with Crippen LogP contribution in [0.2, 0.25) is 4.34 Å². The Bertz CT molecular complexity index is 1240. The predicted molar refractivity (Wildman–Crippen MR) is 134 cm³/mol. The zero-order valence-electron chi connectivity index (χ0n) is 18.6. The first-order chi connectivity index (χ1) is 16.3. The third-order valence-corrected chi connectivity index (χ3v) is 8.83. The van der Waals surface area contributed by atoms with Crippen LogP contribution in [-0.2, 0) is 0 Å². The lowest BCUT2D eigenvalue weighted by Gasteiger charge is -2.45. The molecule has 1 N–H and O–H groups in total. The second-order valence-electron chi connectivity index (χ2n) is 8.85. The minimum atomic E-state index is -0.873. The lowest BCUT2D eigenvalue weighted by molar-refractivity contribution is 0.0448. The lowest BCUT2D eigenvalue weighted by atomic mass is 9.78. The number of carbonyl (C=O) groups excluding carboxylic acids is 1. The molecular weight excluding hydrogens is 494 g/mol. The number of thiazole rings is 1. The molecule has 3 aromatic rings. The van der Waals surface area contributed by atoms with Crippen molar-refractivity contribution in [2.75, 3.05) is 11.9 Å². The van der Waals surface area contributed by atoms with E-state index in [1.165, 1.54) is 27.4 Å². The van der Waals surface area contributed by atoms with Crippen LogP contribution in [0, 0.1) is 0 Å². The summed E-state index contributed by atoms with van der Waals surface area (Å²) in [6, 6.07) is 5.61. The van der Waals surface area contributed by atoms with Gasteiger partial charge in [0.05, 0.1) is 26.1 Å². The van der Waals surface area contributed by atoms with Crippen molar-refractivity contribution in [2.24, 2.45) is 0 Å². The number of amides is 1. The van der Waals surface area contributed by atoms with E-state index in [1.807, 2.05) is 36.2 Å². The minimum absolute atomic E-state index is 0.0339. The molecule has 0 aliphatic carbocycles. The summed E-state index contributed by atoms with van der Waals surface area (Å²) in [7, 11) is 1.88. The number of halogens is 1. The molecule has 3 atom stereocenters. The van der Waals surface area contributed by atoms with Crippen molar-refractivity contribution in [2.45, 2.75) is 49.6 Å². The molecule has 8 nitrogen and oxygen atoms in total. The summed E-state index contributed by atoms with van der Waals surface area (Å²) in [4.78, 5) is 33.1. The van der Waals surface area contributed by atoms with Crippen molar-refractivity contribution in [3.05, 3.63) is 57.5 Å². The second-order valence-corrected chi connectivity index (χ2v) is 11.3. The molecule has 178 valence electrons. The Morgan fingerprint density at radius 2 is 2.26 bits per heavy atom. The zero-order valence-corrected chi connectivity index (χ0v) is 20.9. The molecule has 2 aliphatic rings. The largest absolute Gasteiger partial charge is 0.465 e. The van der Waals surface area contributed by atoms with Gasteiger partial charge in [-0.1, -0.05) is 17.7 Å². The van der Waals surface area contributed by atoms with E-state index in [0.717, 1.165) is 23.5 Å². The normalized spacial score (nSPS) is 23.8. The molecule has 2 saturated heterocycles. The number of rotatable bonds is 6. The van der Waals surface area contributed by atoms with Crippen molar-refractivity contribution >= 4 is 57.1 Å². The predicted octanol–water partition coefficient (Wildman–Crippen LogP) is 5.85. The van der Waals surface area contributed by atoms with Crippen LogP contribution in [0.5, 0.6) is 0 Å². The summed E-state index contributed by atoms with van der Waals surface area (Å²) in [5.41, 5.74) is 2.27. The molecule has 5 rings (SSSR count). The Morgan fingerprint density at radius 1 is 1.44 bits per heavy atom. The van der Waals surface area contributed by atoms with Crippen LogP contribution in [0.1, 0.15) is 54.2 Å². The topological polar surface area (TPSA) is 91.6 Å². The molecular formula is C23H24ClN5O3S2. The van der Waals surface area contributed by atoms with Crippen molar-refractivity contribution in [1.29, 1.82) is 0 Å². The number of nitrogens with zero attached hydrogens (tertiary/aromatic N) is 5. The van der Waals surface area contributed by atoms with Crippen molar-refractivity contribution in [1.82, 2.24) is 19.7 Å². The van der Waals surface area contributed by atoms with Crippen molar-refractivity contribution in [3.63, 3.8) is 0 Å². The van der Waals surface area contributed by atoms with Crippen LogP contribution in [-0.4, -0.2) is 55.4 Å². The molecule has 3 aromatic heterocycles. The van der Waals surface area contributed by atoms with Crippen LogP contribution in [0.3, 0.4) is 0 Å². The highest BCUT2D eigenvalue weighted by atomic mass is 35.5. The highest BCUT2D eigenvalue weighted by Gasteiger charge is 2.54. The van der Waals surface area contributed by atoms with Gasteiger partial charge in [-0.2, -0.15) is 9.78 Å². The molecule has 2 aliphatic heterocycles. The highest BCUT2D eigenvalue weighted by Crippen LogP contribution is 2.51. The number of carbonyl (C=O) groups is 2. The Morgan fingerprint density at radius 3 is 2.91 bits per heavy atom. The van der Waals surface area contributed by atoms with E-state index in [9.17, 15) is 14.7 Å². The van der Waals surface area contributed by atoms with Gasteiger partial charge in [0.1, 0.15) is 11.5 Å². The first kappa shape index (κ1) is 23.1. The Labute approximate surface area is 210 Å². The van der Waals surface area contributed by atoms with Crippen LogP contribution in [0.15, 0.2) is 41.7 Å². The van der Waals surface area contributed by atoms with Gasteiger partial charge in [-0.25, -0.2) is 9.78 Å². The molecule has 3 unspecified atom stereocenters. The number of hydrogen-bond acceptors (Lipinski definition) is 7. The quantitative estimate of drug-likeness (QED) is 0.413. The van der Waals surface area contributed by atoms with E-state index in [2.05, 4.69) is 11.6 Å². The van der Waals surface area contributed by atoms with Gasteiger partial charge in [0.25, 0.3) is 5.91 Å². The highest BCUT2D eigenvalue weighted by molar-refractivity contribution is 7.20. The minimum Gasteiger partial charge on any atom is -0.465 e. The number of aromatic nitrogens is 3. The molecule has 0 aromatic carbocycles. The maximum Gasteiger partial charge on any atom is 0.408 e. The SMILES string of the molecule is C=CCC12CCC(CC(c3cc(N(C)c4ccc(Cl)s4)n(C(=O)c4cscn4)n3)C1)N2C(=O)O. The van der Waals surface area contributed by atoms with E-state index in [1.54, 1.807) is 15.8 Å². The maximum absolute atomic E-state index is 13.3. The van der Waals surface area contributed by atoms with Gasteiger partial charge in [0.15, 0.2) is 0 Å². The monoisotopic (exact) mass is 517 g/mol. The average molecular weight is 518 g/mol. The molecule has 5 heterocycles. The van der Waals surface area contributed by atoms with E-state index < -0.39 is 11.6 Å². The molecule has 0 radical (unpaired) electrons. The number of anilines is 2. The van der Waals surface area contributed by atoms with Gasteiger partial charge in [-0.3, -0.25) is 9.69 Å². The van der Waals surface area contributed by atoms with E-state index in [0.29, 0.717) is 35.1 Å². The number of carboxylic acid groups (broad SMARTS) is 1. The zero-order chi connectivity index (χ0) is 24.0. The van der Waals surface area contributed by atoms with E-state index >= 15 is 0 Å². The van der Waals surface area contributed by atoms with Gasteiger partial charge in [-0.15, -0.1) is 29.3 Å². The maximum atomic E-state index is 13.3. The Hall–Kier alpha value is -2.69. The number of fused-ring (bicyclic) bond motifs is 2. The van der Waals surface area contributed by atoms with Gasteiger partial charge in [-0.05, 0) is 44.2 Å². The molecule has 1 amide bonds. The lowest BCUT2D eigenvalue weighted by Crippen LogP contribution is -2.54. The number of piperidine rings is 1. The summed E-state index contributed by atoms with van der Waals surface area (Å²) in [6.07, 6.45) is 4.51. The molecule has 2 bridgehead atoms.